The van der Waals surface area contributed by atoms with Gasteiger partial charge in [-0.15, -0.1) is 10.2 Å². The van der Waals surface area contributed by atoms with Crippen LogP contribution in [-0.2, 0) is 0 Å². The molecule has 3 aliphatic rings. The van der Waals surface area contributed by atoms with Crippen molar-refractivity contribution in [3.63, 3.8) is 0 Å². The van der Waals surface area contributed by atoms with Gasteiger partial charge in [0, 0.05) is 24.6 Å². The lowest BCUT2D eigenvalue weighted by Crippen LogP contribution is -2.82. The number of hydrogen-bond acceptors (Lipinski definition) is 8. The van der Waals surface area contributed by atoms with Gasteiger partial charge in [-0.05, 0) is 43.9 Å². The van der Waals surface area contributed by atoms with Crippen LogP contribution in [-0.4, -0.2) is 76.8 Å². The molecular formula is C23H29F2N6O2S+. The highest BCUT2D eigenvalue weighted by molar-refractivity contribution is 7.18. The monoisotopic (exact) mass is 491 g/mol. The molecule has 2 saturated carbocycles. The third-order valence-corrected chi connectivity index (χ3v) is 7.77. The van der Waals surface area contributed by atoms with Crippen LogP contribution in [0.1, 0.15) is 31.2 Å². The van der Waals surface area contributed by atoms with E-state index in [1.54, 1.807) is 7.05 Å². The van der Waals surface area contributed by atoms with Gasteiger partial charge in [0.2, 0.25) is 5.13 Å². The summed E-state index contributed by atoms with van der Waals surface area (Å²) < 4.78 is 30.0. The van der Waals surface area contributed by atoms with Crippen LogP contribution in [0.3, 0.4) is 0 Å². The maximum atomic E-state index is 15.0. The van der Waals surface area contributed by atoms with Crippen molar-refractivity contribution in [3.05, 3.63) is 29.6 Å². The van der Waals surface area contributed by atoms with E-state index in [1.165, 1.54) is 40.8 Å². The minimum atomic E-state index is -0.933. The first-order valence-electron chi connectivity index (χ1n) is 11.6. The number of quaternary nitrogens is 1. The molecule has 34 heavy (non-hydrogen) atoms. The number of benzene rings is 1. The van der Waals surface area contributed by atoms with E-state index in [-0.39, 0.29) is 40.6 Å². The zero-order valence-electron chi connectivity index (χ0n) is 19.1. The van der Waals surface area contributed by atoms with E-state index < -0.39 is 18.2 Å². The number of aliphatic hydroxyl groups excluding tert-OH is 1. The Balaban J connectivity index is 1.45. The maximum Gasteiger partial charge on any atom is 0.209 e. The van der Waals surface area contributed by atoms with Crippen LogP contribution in [0.4, 0.5) is 13.9 Å². The van der Waals surface area contributed by atoms with Gasteiger partial charge in [-0.25, -0.2) is 13.8 Å². The third kappa shape index (κ3) is 4.27. The number of anilines is 1. The first-order valence-corrected chi connectivity index (χ1v) is 12.4. The molecule has 4 atom stereocenters. The summed E-state index contributed by atoms with van der Waals surface area (Å²) in [5.74, 6) is -0.525. The number of hydrogen-bond donors (Lipinski definition) is 3. The molecule has 0 bridgehead atoms. The normalized spacial score (nSPS) is 26.7. The van der Waals surface area contributed by atoms with E-state index in [9.17, 15) is 14.6 Å². The second-order valence-electron chi connectivity index (χ2n) is 9.24. The lowest BCUT2D eigenvalue weighted by molar-refractivity contribution is -0.633. The molecule has 0 radical (unpaired) electrons. The Morgan fingerprint density at radius 2 is 2.00 bits per heavy atom. The Labute approximate surface area is 200 Å². The zero-order chi connectivity index (χ0) is 24.0. The number of aromatic nitrogens is 2. The minimum Gasteiger partial charge on any atom is -0.507 e. The van der Waals surface area contributed by atoms with E-state index in [2.05, 4.69) is 25.4 Å². The van der Waals surface area contributed by atoms with E-state index in [4.69, 9.17) is 0 Å². The van der Waals surface area contributed by atoms with E-state index in [1.807, 2.05) is 7.05 Å². The number of phenolic OH excluding ortho intramolecular Hbond substituents is 1. The van der Waals surface area contributed by atoms with Gasteiger partial charge in [-0.2, -0.15) is 0 Å². The maximum absolute atomic E-state index is 15.0. The molecule has 1 aromatic heterocycles. The molecule has 5 rings (SSSR count). The lowest BCUT2D eigenvalue weighted by atomic mass is 10.0. The zero-order valence-corrected chi connectivity index (χ0v) is 19.9. The highest BCUT2D eigenvalue weighted by atomic mass is 32.1. The highest BCUT2D eigenvalue weighted by Gasteiger charge is 2.47. The van der Waals surface area contributed by atoms with Gasteiger partial charge < -0.3 is 25.3 Å². The molecule has 1 aromatic carbocycles. The summed E-state index contributed by atoms with van der Waals surface area (Å²) in [6.45, 7) is 0.857. The number of aromatic hydroxyl groups is 1. The van der Waals surface area contributed by atoms with Crippen LogP contribution in [0.2, 0.25) is 0 Å². The van der Waals surface area contributed by atoms with Gasteiger partial charge in [0.1, 0.15) is 24.0 Å². The number of phenols is 1. The molecule has 0 spiro atoms. The van der Waals surface area contributed by atoms with Crippen molar-refractivity contribution in [1.82, 2.24) is 15.1 Å². The van der Waals surface area contributed by atoms with Crippen molar-refractivity contribution in [1.29, 1.82) is 0 Å². The SMILES string of the molecule is C[NH2+]CC1CCC(F)C1N(c1nnc(-c2cc(F)c(C3=CC(O)N(C)C=N3)cc2O)s1)C1CC1. The van der Waals surface area contributed by atoms with Crippen LogP contribution in [0.25, 0.3) is 16.3 Å². The number of nitrogens with zero attached hydrogens (tertiary/aromatic N) is 5. The molecule has 182 valence electrons. The summed E-state index contributed by atoms with van der Waals surface area (Å²) in [6, 6.07) is 2.50. The van der Waals surface area contributed by atoms with Crippen molar-refractivity contribution in [2.24, 2.45) is 10.9 Å². The fourth-order valence-electron chi connectivity index (χ4n) is 4.89. The number of aliphatic imine (C=N–C) groups is 1. The quantitative estimate of drug-likeness (QED) is 0.548. The number of aliphatic hydroxyl groups is 1. The van der Waals surface area contributed by atoms with E-state index in [0.717, 1.165) is 25.8 Å². The molecule has 4 unspecified atom stereocenters. The predicted molar refractivity (Wildman–Crippen MR) is 127 cm³/mol. The average molecular weight is 492 g/mol. The van der Waals surface area contributed by atoms with Crippen LogP contribution in [0.15, 0.2) is 23.2 Å². The van der Waals surface area contributed by atoms with Crippen molar-refractivity contribution in [2.45, 2.75) is 50.2 Å². The number of rotatable bonds is 7. The average Bonchev–Trinajstić information content (AvgIpc) is 3.43. The smallest absolute Gasteiger partial charge is 0.209 e. The number of alkyl halides is 1. The third-order valence-electron chi connectivity index (χ3n) is 6.80. The van der Waals surface area contributed by atoms with Crippen molar-refractivity contribution in [3.8, 4) is 16.3 Å². The summed E-state index contributed by atoms with van der Waals surface area (Å²) >= 11 is 1.25. The molecule has 11 heteroatoms. The Kier molecular flexibility index (Phi) is 6.26. The molecule has 0 saturated heterocycles. The van der Waals surface area contributed by atoms with Crippen molar-refractivity contribution in [2.75, 3.05) is 25.5 Å². The Morgan fingerprint density at radius 1 is 1.21 bits per heavy atom. The molecule has 8 nitrogen and oxygen atoms in total. The second-order valence-corrected chi connectivity index (χ2v) is 10.2. The Bertz CT molecular complexity index is 1120. The van der Waals surface area contributed by atoms with Gasteiger partial charge in [0.15, 0.2) is 5.01 Å². The summed E-state index contributed by atoms with van der Waals surface area (Å²) in [5, 5.41) is 32.3. The van der Waals surface area contributed by atoms with Gasteiger partial charge in [0.25, 0.3) is 0 Å². The first kappa shape index (κ1) is 23.1. The van der Waals surface area contributed by atoms with Crippen LogP contribution in [0, 0.1) is 11.7 Å². The van der Waals surface area contributed by atoms with E-state index in [0.29, 0.717) is 16.6 Å². The molecular weight excluding hydrogens is 462 g/mol. The second kappa shape index (κ2) is 9.20. The van der Waals surface area contributed by atoms with Crippen molar-refractivity contribution >= 4 is 28.5 Å². The highest BCUT2D eigenvalue weighted by Crippen LogP contribution is 2.44. The van der Waals surface area contributed by atoms with Gasteiger partial charge in [-0.3, -0.25) is 0 Å². The summed E-state index contributed by atoms with van der Waals surface area (Å²) in [7, 11) is 3.65. The van der Waals surface area contributed by atoms with Crippen molar-refractivity contribution < 1.29 is 24.3 Å². The Hall–Kier alpha value is -2.63. The first-order chi connectivity index (χ1) is 16.4. The molecule has 2 fully saturated rings. The summed E-state index contributed by atoms with van der Waals surface area (Å²) in [6.07, 6.45) is 4.35. The standard InChI is InChI=1S/C23H28F2N6O2S/c1-26-10-12-3-6-16(24)21(12)31(13-4-5-13)23-29-28-22(34-23)15-7-17(25)14(8-19(15)32)18-9-20(33)30(2)11-27-18/h7-9,11-13,16,20-21,26,32-33H,3-6,10H2,1-2H3/p+1. The molecule has 0 amide bonds. The topological polar surface area (TPSA) is 102 Å². The van der Waals surface area contributed by atoms with Gasteiger partial charge >= 0.3 is 0 Å². The van der Waals surface area contributed by atoms with Gasteiger partial charge in [0.05, 0.1) is 37.2 Å². The lowest BCUT2D eigenvalue weighted by Gasteiger charge is -2.33. The minimum absolute atomic E-state index is 0.0823. The fourth-order valence-corrected chi connectivity index (χ4v) is 5.88. The number of likely N-dealkylation sites (N-methyl/N-ethyl adjacent to an activating group) is 1. The molecule has 2 aliphatic carbocycles. The van der Waals surface area contributed by atoms with Crippen LogP contribution in [0.5, 0.6) is 5.75 Å². The number of halogens is 2. The largest absolute Gasteiger partial charge is 0.507 e. The molecule has 4 N–H and O–H groups in total. The van der Waals surface area contributed by atoms with Crippen LogP contribution >= 0.6 is 11.3 Å². The predicted octanol–water partition coefficient (Wildman–Crippen LogP) is 1.96. The van der Waals surface area contributed by atoms with Crippen LogP contribution < -0.4 is 10.2 Å². The summed E-state index contributed by atoms with van der Waals surface area (Å²) in [4.78, 5) is 7.71. The fraction of sp³-hybridized carbons (Fsp3) is 0.522. The number of nitrogens with two attached hydrogens (primary N) is 1. The molecule has 2 heterocycles. The molecule has 1 aliphatic heterocycles. The Morgan fingerprint density at radius 3 is 2.71 bits per heavy atom. The molecule has 2 aromatic rings. The summed E-state index contributed by atoms with van der Waals surface area (Å²) in [5.41, 5.74) is 0.538. The van der Waals surface area contributed by atoms with Gasteiger partial charge in [-0.1, -0.05) is 11.3 Å². The van der Waals surface area contributed by atoms with E-state index >= 15 is 4.39 Å².